The average molecular weight is 463 g/mol. The van der Waals surface area contributed by atoms with Gasteiger partial charge in [0.15, 0.2) is 5.69 Å². The SMILES string of the molecule is C[C@@H]1NC(c2ccccc2Br)c2cc(C34CC(C3)C4)ccc2-n2cnc(C(N)=O)c21. The van der Waals surface area contributed by atoms with Crippen molar-refractivity contribution in [1.29, 1.82) is 0 Å². The van der Waals surface area contributed by atoms with Crippen molar-refractivity contribution in [3.05, 3.63) is 81.3 Å². The maximum Gasteiger partial charge on any atom is 0.269 e. The largest absolute Gasteiger partial charge is 0.364 e. The Bertz CT molecular complexity index is 1180. The Balaban J connectivity index is 1.58. The number of rotatable bonds is 3. The van der Waals surface area contributed by atoms with E-state index in [1.54, 1.807) is 6.33 Å². The first-order chi connectivity index (χ1) is 14.5. The third-order valence-electron chi connectivity index (χ3n) is 7.33. The van der Waals surface area contributed by atoms with Crippen LogP contribution >= 0.6 is 15.9 Å². The number of nitrogens with one attached hydrogen (secondary N) is 1. The van der Waals surface area contributed by atoms with E-state index in [1.807, 2.05) is 10.6 Å². The topological polar surface area (TPSA) is 72.9 Å². The van der Waals surface area contributed by atoms with Crippen molar-refractivity contribution >= 4 is 21.8 Å². The minimum absolute atomic E-state index is 0.0153. The van der Waals surface area contributed by atoms with E-state index in [0.29, 0.717) is 11.1 Å². The number of fused-ring (bicyclic) bond motifs is 3. The van der Waals surface area contributed by atoms with E-state index in [0.717, 1.165) is 21.8 Å². The standard InChI is InChI=1S/C24H23BrN4O/c1-13-22-21(23(26)30)27-12-29(22)19-7-6-15(24-9-14(10-24)11-24)8-17(19)20(28-13)16-4-2-3-5-18(16)25/h2-8,12-14,20,28H,9-11H2,1H3,(H2,26,30)/t13-,14?,20?,24?/m0/s1. The molecule has 1 aliphatic heterocycles. The molecule has 2 atom stereocenters. The number of primary amides is 1. The normalized spacial score (nSPS) is 28.5. The Morgan fingerprint density at radius 3 is 2.63 bits per heavy atom. The molecule has 3 N–H and O–H groups in total. The number of halogens is 1. The van der Waals surface area contributed by atoms with Gasteiger partial charge in [-0.15, -0.1) is 0 Å². The Morgan fingerprint density at radius 1 is 1.20 bits per heavy atom. The fraction of sp³-hybridized carbons (Fsp3) is 0.333. The molecule has 30 heavy (non-hydrogen) atoms. The second-order valence-corrected chi connectivity index (χ2v) is 9.94. The number of carbonyl (C=O) groups excluding carboxylic acids is 1. The van der Waals surface area contributed by atoms with Gasteiger partial charge in [0, 0.05) is 10.5 Å². The van der Waals surface area contributed by atoms with Gasteiger partial charge in [-0.05, 0) is 66.3 Å². The molecule has 0 radical (unpaired) electrons. The Labute approximate surface area is 183 Å². The second-order valence-electron chi connectivity index (χ2n) is 9.09. The molecule has 1 aromatic heterocycles. The lowest BCUT2D eigenvalue weighted by Crippen LogP contribution is -2.55. The van der Waals surface area contributed by atoms with E-state index in [-0.39, 0.29) is 12.1 Å². The van der Waals surface area contributed by atoms with Crippen molar-refractivity contribution in [2.45, 2.75) is 43.7 Å². The van der Waals surface area contributed by atoms with Crippen LogP contribution in [-0.4, -0.2) is 15.5 Å². The van der Waals surface area contributed by atoms with Crippen LogP contribution in [0, 0.1) is 5.92 Å². The number of amides is 1. The van der Waals surface area contributed by atoms with Gasteiger partial charge in [0.25, 0.3) is 5.91 Å². The molecule has 2 bridgehead atoms. The van der Waals surface area contributed by atoms with Crippen LogP contribution in [0.2, 0.25) is 0 Å². The van der Waals surface area contributed by atoms with Crippen molar-refractivity contribution < 1.29 is 4.79 Å². The summed E-state index contributed by atoms with van der Waals surface area (Å²) < 4.78 is 3.10. The lowest BCUT2D eigenvalue weighted by molar-refractivity contribution is -0.0274. The molecule has 3 fully saturated rings. The van der Waals surface area contributed by atoms with Crippen LogP contribution in [0.3, 0.4) is 0 Å². The van der Waals surface area contributed by atoms with E-state index in [2.05, 4.69) is 69.6 Å². The van der Waals surface area contributed by atoms with Crippen LogP contribution in [0.1, 0.15) is 71.1 Å². The molecule has 0 spiro atoms. The molecule has 1 amide bonds. The first-order valence-electron chi connectivity index (χ1n) is 10.5. The van der Waals surface area contributed by atoms with Crippen molar-refractivity contribution in [2.75, 3.05) is 0 Å². The number of imidazole rings is 1. The first kappa shape index (κ1) is 18.3. The molecule has 1 unspecified atom stereocenters. The van der Waals surface area contributed by atoms with Gasteiger partial charge in [-0.3, -0.25) is 10.1 Å². The van der Waals surface area contributed by atoms with Crippen LogP contribution in [0.25, 0.3) is 5.69 Å². The summed E-state index contributed by atoms with van der Waals surface area (Å²) in [7, 11) is 0. The maximum atomic E-state index is 12.1. The van der Waals surface area contributed by atoms with E-state index < -0.39 is 5.91 Å². The summed E-state index contributed by atoms with van der Waals surface area (Å²) in [5, 5.41) is 3.76. The Kier molecular flexibility index (Phi) is 3.84. The van der Waals surface area contributed by atoms with E-state index in [1.165, 1.54) is 36.0 Å². The molecule has 3 saturated carbocycles. The van der Waals surface area contributed by atoms with Crippen molar-refractivity contribution in [2.24, 2.45) is 11.7 Å². The summed E-state index contributed by atoms with van der Waals surface area (Å²) in [6.07, 6.45) is 5.68. The quantitative estimate of drug-likeness (QED) is 0.599. The number of aromatic nitrogens is 2. The van der Waals surface area contributed by atoms with E-state index >= 15 is 0 Å². The fourth-order valence-corrected chi connectivity index (χ4v) is 6.22. The number of hydrogen-bond donors (Lipinski definition) is 2. The molecule has 3 aromatic rings. The molecule has 2 aromatic carbocycles. The summed E-state index contributed by atoms with van der Waals surface area (Å²) in [6, 6.07) is 15.1. The summed E-state index contributed by atoms with van der Waals surface area (Å²) in [4.78, 5) is 16.4. The number of nitrogens with zero attached hydrogens (tertiary/aromatic N) is 2. The highest BCUT2D eigenvalue weighted by Crippen LogP contribution is 2.65. The highest BCUT2D eigenvalue weighted by atomic mass is 79.9. The van der Waals surface area contributed by atoms with E-state index in [4.69, 9.17) is 5.73 Å². The van der Waals surface area contributed by atoms with Gasteiger partial charge in [-0.1, -0.05) is 46.3 Å². The van der Waals surface area contributed by atoms with Crippen LogP contribution in [0.5, 0.6) is 0 Å². The highest BCUT2D eigenvalue weighted by molar-refractivity contribution is 9.10. The molecule has 5 nitrogen and oxygen atoms in total. The minimum Gasteiger partial charge on any atom is -0.364 e. The van der Waals surface area contributed by atoms with Crippen LogP contribution < -0.4 is 11.1 Å². The number of benzene rings is 2. The highest BCUT2D eigenvalue weighted by Gasteiger charge is 2.57. The van der Waals surface area contributed by atoms with Gasteiger partial charge in [0.2, 0.25) is 0 Å². The molecular weight excluding hydrogens is 440 g/mol. The predicted octanol–water partition coefficient (Wildman–Crippen LogP) is 4.54. The van der Waals surface area contributed by atoms with Gasteiger partial charge >= 0.3 is 0 Å². The Morgan fingerprint density at radius 2 is 1.97 bits per heavy atom. The molecule has 0 saturated heterocycles. The lowest BCUT2D eigenvalue weighted by Gasteiger charge is -2.62. The monoisotopic (exact) mass is 462 g/mol. The van der Waals surface area contributed by atoms with Crippen molar-refractivity contribution in [3.8, 4) is 5.69 Å². The number of nitrogens with two attached hydrogens (primary N) is 1. The summed E-state index contributed by atoms with van der Waals surface area (Å²) >= 11 is 3.75. The predicted molar refractivity (Wildman–Crippen MR) is 119 cm³/mol. The summed E-state index contributed by atoms with van der Waals surface area (Å²) in [5.41, 5.74) is 12.1. The van der Waals surface area contributed by atoms with Gasteiger partial charge in [-0.2, -0.15) is 0 Å². The Hall–Kier alpha value is -2.44. The first-order valence-corrected chi connectivity index (χ1v) is 11.3. The van der Waals surface area contributed by atoms with Crippen molar-refractivity contribution in [3.63, 3.8) is 0 Å². The molecule has 152 valence electrons. The number of hydrogen-bond acceptors (Lipinski definition) is 3. The molecular formula is C24H23BrN4O. The van der Waals surface area contributed by atoms with E-state index in [9.17, 15) is 4.79 Å². The molecule has 2 heterocycles. The van der Waals surface area contributed by atoms with Crippen LogP contribution in [-0.2, 0) is 5.41 Å². The zero-order valence-corrected chi connectivity index (χ0v) is 18.3. The molecule has 6 heteroatoms. The van der Waals surface area contributed by atoms with Crippen molar-refractivity contribution in [1.82, 2.24) is 14.9 Å². The second kappa shape index (κ2) is 6.28. The third-order valence-corrected chi connectivity index (χ3v) is 8.05. The average Bonchev–Trinajstić information content (AvgIpc) is 3.05. The zero-order chi connectivity index (χ0) is 20.6. The van der Waals surface area contributed by atoms with Gasteiger partial charge < -0.3 is 10.3 Å². The van der Waals surface area contributed by atoms with Crippen LogP contribution in [0.15, 0.2) is 53.3 Å². The smallest absolute Gasteiger partial charge is 0.269 e. The zero-order valence-electron chi connectivity index (χ0n) is 16.7. The molecule has 3 aliphatic carbocycles. The maximum absolute atomic E-state index is 12.1. The number of carbonyl (C=O) groups is 1. The minimum atomic E-state index is -0.497. The van der Waals surface area contributed by atoms with Gasteiger partial charge in [0.1, 0.15) is 6.33 Å². The third kappa shape index (κ3) is 2.44. The lowest BCUT2D eigenvalue weighted by atomic mass is 9.42. The molecule has 4 aliphatic rings. The van der Waals surface area contributed by atoms with Crippen LogP contribution in [0.4, 0.5) is 0 Å². The summed E-state index contributed by atoms with van der Waals surface area (Å²) in [6.45, 7) is 2.07. The summed E-state index contributed by atoms with van der Waals surface area (Å²) in [5.74, 6) is 0.433. The van der Waals surface area contributed by atoms with Gasteiger partial charge in [-0.25, -0.2) is 4.98 Å². The fourth-order valence-electron chi connectivity index (χ4n) is 5.71. The van der Waals surface area contributed by atoms with Gasteiger partial charge in [0.05, 0.1) is 17.4 Å². The molecule has 7 rings (SSSR count).